The number of hydrogen-bond acceptors (Lipinski definition) is 5. The molecule has 1 aromatic heterocycles. The minimum Gasteiger partial charge on any atom is -0.375 e. The molecule has 1 aromatic carbocycles. The van der Waals surface area contributed by atoms with Crippen molar-refractivity contribution in [2.24, 2.45) is 0 Å². The fourth-order valence-electron chi connectivity index (χ4n) is 2.96. The summed E-state index contributed by atoms with van der Waals surface area (Å²) in [6.45, 7) is 4.39. The summed E-state index contributed by atoms with van der Waals surface area (Å²) in [5.41, 5.74) is 1.61. The second kappa shape index (κ2) is 6.77. The van der Waals surface area contributed by atoms with E-state index in [1.54, 1.807) is 37.1 Å². The molecule has 2 aromatic rings. The highest BCUT2D eigenvalue weighted by Crippen LogP contribution is 2.43. The second-order valence-electron chi connectivity index (χ2n) is 5.69. The molecule has 0 spiro atoms. The number of ketones is 1. The van der Waals surface area contributed by atoms with Crippen LogP contribution in [0.3, 0.4) is 0 Å². The van der Waals surface area contributed by atoms with Crippen LogP contribution in [0, 0.1) is 0 Å². The highest BCUT2D eigenvalue weighted by atomic mass is 32.2. The highest BCUT2D eigenvalue weighted by molar-refractivity contribution is 8.01. The molecule has 0 aliphatic carbocycles. The molecule has 5 heteroatoms. The number of thiophene rings is 1. The molecule has 2 atom stereocenters. The molecule has 3 rings (SSSR count). The van der Waals surface area contributed by atoms with E-state index in [4.69, 9.17) is 9.47 Å². The molecule has 1 aliphatic rings. The number of benzene rings is 1. The maximum Gasteiger partial charge on any atom is 0.159 e. The van der Waals surface area contributed by atoms with Crippen molar-refractivity contribution in [3.05, 3.63) is 46.8 Å². The Bertz CT molecular complexity index is 693. The number of Topliss-reactive ketones (excluding diaryl/α,β-unsaturated/α-hetero) is 1. The molecule has 1 fully saturated rings. The van der Waals surface area contributed by atoms with Crippen LogP contribution < -0.4 is 0 Å². The Hall–Kier alpha value is -1.14. The third kappa shape index (κ3) is 3.24. The van der Waals surface area contributed by atoms with Crippen molar-refractivity contribution in [3.8, 4) is 0 Å². The number of carbonyl (C=O) groups is 1. The minimum atomic E-state index is -0.326. The summed E-state index contributed by atoms with van der Waals surface area (Å²) in [6, 6.07) is 9.94. The highest BCUT2D eigenvalue weighted by Gasteiger charge is 2.44. The van der Waals surface area contributed by atoms with Crippen LogP contribution in [-0.2, 0) is 15.1 Å². The van der Waals surface area contributed by atoms with Gasteiger partial charge in [-0.3, -0.25) is 4.79 Å². The van der Waals surface area contributed by atoms with Gasteiger partial charge in [-0.2, -0.15) is 0 Å². The lowest BCUT2D eigenvalue weighted by molar-refractivity contribution is -0.0645. The minimum absolute atomic E-state index is 0.0646. The first-order valence-electron chi connectivity index (χ1n) is 7.60. The van der Waals surface area contributed by atoms with Gasteiger partial charge in [-0.05, 0) is 43.0 Å². The number of rotatable bonds is 5. The molecule has 0 N–H and O–H groups in total. The molecule has 0 amide bonds. The molecule has 3 nitrogen and oxygen atoms in total. The Kier molecular flexibility index (Phi) is 4.92. The van der Waals surface area contributed by atoms with E-state index < -0.39 is 0 Å². The van der Waals surface area contributed by atoms with Crippen molar-refractivity contribution < 1.29 is 14.3 Å². The predicted octanol–water partition coefficient (Wildman–Crippen LogP) is 4.75. The van der Waals surface area contributed by atoms with Crippen molar-refractivity contribution in [2.45, 2.75) is 41.1 Å². The molecule has 122 valence electrons. The predicted molar refractivity (Wildman–Crippen MR) is 93.6 cm³/mol. The molecular weight excluding hydrogens is 328 g/mol. The number of hydrogen-bond donors (Lipinski definition) is 0. The number of ether oxygens (including phenoxy) is 2. The molecule has 2 unspecified atom stereocenters. The van der Waals surface area contributed by atoms with Gasteiger partial charge in [0.15, 0.2) is 5.78 Å². The lowest BCUT2D eigenvalue weighted by Gasteiger charge is -2.30. The van der Waals surface area contributed by atoms with Crippen LogP contribution in [0.1, 0.15) is 36.2 Å². The first kappa shape index (κ1) is 16.7. The van der Waals surface area contributed by atoms with Crippen LogP contribution in [-0.4, -0.2) is 25.6 Å². The Morgan fingerprint density at radius 3 is 2.70 bits per heavy atom. The number of carbonyl (C=O) groups excluding carboxylic acids is 1. The van der Waals surface area contributed by atoms with Gasteiger partial charge in [-0.25, -0.2) is 0 Å². The van der Waals surface area contributed by atoms with E-state index in [1.807, 2.05) is 24.3 Å². The van der Waals surface area contributed by atoms with Gasteiger partial charge in [0, 0.05) is 24.0 Å². The quantitative estimate of drug-likeness (QED) is 0.730. The molecular formula is C18H20O3S2. The zero-order valence-corrected chi connectivity index (χ0v) is 15.1. The summed E-state index contributed by atoms with van der Waals surface area (Å²) in [7, 11) is 1.76. The van der Waals surface area contributed by atoms with Gasteiger partial charge in [0.2, 0.25) is 0 Å². The van der Waals surface area contributed by atoms with Gasteiger partial charge in [0.25, 0.3) is 0 Å². The summed E-state index contributed by atoms with van der Waals surface area (Å²) < 4.78 is 12.8. The van der Waals surface area contributed by atoms with Crippen LogP contribution in [0.2, 0.25) is 0 Å². The van der Waals surface area contributed by atoms with E-state index in [9.17, 15) is 4.79 Å². The van der Waals surface area contributed by atoms with Crippen LogP contribution in [0.25, 0.3) is 0 Å². The van der Waals surface area contributed by atoms with E-state index in [1.165, 1.54) is 9.77 Å². The van der Waals surface area contributed by atoms with Crippen LogP contribution in [0.5, 0.6) is 0 Å². The molecule has 1 aliphatic heterocycles. The van der Waals surface area contributed by atoms with Crippen molar-refractivity contribution in [2.75, 3.05) is 13.7 Å². The molecule has 1 saturated heterocycles. The Morgan fingerprint density at radius 2 is 2.13 bits per heavy atom. The van der Waals surface area contributed by atoms with Crippen LogP contribution in [0.15, 0.2) is 44.8 Å². The average molecular weight is 348 g/mol. The average Bonchev–Trinajstić information content (AvgIpc) is 3.15. The summed E-state index contributed by atoms with van der Waals surface area (Å²) in [5, 5.41) is 2.17. The van der Waals surface area contributed by atoms with Gasteiger partial charge in [-0.1, -0.05) is 23.9 Å². The summed E-state index contributed by atoms with van der Waals surface area (Å²) in [6.07, 6.45) is 0.952. The monoisotopic (exact) mass is 348 g/mol. The van der Waals surface area contributed by atoms with Gasteiger partial charge >= 0.3 is 0 Å². The largest absolute Gasteiger partial charge is 0.375 e. The normalized spacial score (nSPS) is 24.0. The zero-order valence-electron chi connectivity index (χ0n) is 13.5. The van der Waals surface area contributed by atoms with E-state index in [2.05, 4.69) is 18.4 Å². The first-order valence-corrected chi connectivity index (χ1v) is 9.29. The molecule has 23 heavy (non-hydrogen) atoms. The van der Waals surface area contributed by atoms with Gasteiger partial charge in [0.05, 0.1) is 16.9 Å². The fraction of sp³-hybridized carbons (Fsp3) is 0.389. The van der Waals surface area contributed by atoms with Crippen molar-refractivity contribution in [3.63, 3.8) is 0 Å². The lowest BCUT2D eigenvalue weighted by atomic mass is 9.90. The Morgan fingerprint density at radius 1 is 1.39 bits per heavy atom. The van der Waals surface area contributed by atoms with Crippen molar-refractivity contribution >= 4 is 28.9 Å². The van der Waals surface area contributed by atoms with Crippen LogP contribution in [0.4, 0.5) is 0 Å². The summed E-state index contributed by atoms with van der Waals surface area (Å²) in [5.74, 6) is 0.0946. The SMILES string of the molecule is COC1(c2csc(Sc3ccc(C(C)=O)cc3)c2)CCOC1C. The van der Waals surface area contributed by atoms with Crippen LogP contribution >= 0.6 is 23.1 Å². The van der Waals surface area contributed by atoms with E-state index in [-0.39, 0.29) is 17.5 Å². The lowest BCUT2D eigenvalue weighted by Crippen LogP contribution is -2.35. The molecule has 0 saturated carbocycles. The Labute approximate surface area is 145 Å². The number of methoxy groups -OCH3 is 1. The standard InChI is InChI=1S/C18H20O3S2/c1-12(19)14-4-6-16(7-5-14)23-17-10-15(11-22-17)18(20-3)8-9-21-13(18)2/h4-7,10-11,13H,8-9H2,1-3H3. The maximum absolute atomic E-state index is 11.3. The third-order valence-corrected chi connectivity index (χ3v) is 6.49. The summed E-state index contributed by atoms with van der Waals surface area (Å²) >= 11 is 3.43. The second-order valence-corrected chi connectivity index (χ2v) is 7.98. The van der Waals surface area contributed by atoms with E-state index >= 15 is 0 Å². The maximum atomic E-state index is 11.3. The molecule has 0 bridgehead atoms. The third-order valence-electron chi connectivity index (χ3n) is 4.41. The smallest absolute Gasteiger partial charge is 0.159 e. The van der Waals surface area contributed by atoms with Crippen molar-refractivity contribution in [1.82, 2.24) is 0 Å². The van der Waals surface area contributed by atoms with E-state index in [0.717, 1.165) is 23.5 Å². The van der Waals surface area contributed by atoms with Gasteiger partial charge < -0.3 is 9.47 Å². The molecule has 2 heterocycles. The molecule has 0 radical (unpaired) electrons. The Balaban J connectivity index is 1.78. The van der Waals surface area contributed by atoms with Gasteiger partial charge in [0.1, 0.15) is 5.60 Å². The zero-order chi connectivity index (χ0) is 16.4. The first-order chi connectivity index (χ1) is 11.0. The fourth-order valence-corrected chi connectivity index (χ4v) is 4.98. The van der Waals surface area contributed by atoms with E-state index in [0.29, 0.717) is 0 Å². The topological polar surface area (TPSA) is 35.5 Å². The van der Waals surface area contributed by atoms with Gasteiger partial charge in [-0.15, -0.1) is 11.3 Å². The van der Waals surface area contributed by atoms with Crippen molar-refractivity contribution in [1.29, 1.82) is 0 Å². The summed E-state index contributed by atoms with van der Waals surface area (Å²) in [4.78, 5) is 12.5.